The van der Waals surface area contributed by atoms with Gasteiger partial charge >= 0.3 is 11.9 Å². The first kappa shape index (κ1) is 16.0. The zero-order valence-corrected chi connectivity index (χ0v) is 13.9. The number of nitrogens with zero attached hydrogens (tertiary/aromatic N) is 2. The van der Waals surface area contributed by atoms with E-state index in [9.17, 15) is 14.4 Å². The van der Waals surface area contributed by atoms with Crippen molar-refractivity contribution in [1.29, 1.82) is 0 Å². The third kappa shape index (κ3) is 2.98. The van der Waals surface area contributed by atoms with Crippen molar-refractivity contribution in [2.24, 2.45) is 0 Å². The Morgan fingerprint density at radius 1 is 1.39 bits per heavy atom. The number of Topliss-reactive ketones (excluding diaryl/α,β-unsaturated/α-hetero) is 1. The maximum Gasteiger partial charge on any atom is 0.320 e. The summed E-state index contributed by atoms with van der Waals surface area (Å²) in [5.74, 6) is -0.422. The monoisotopic (exact) mass is 334 g/mol. The first-order valence-corrected chi connectivity index (χ1v) is 8.44. The van der Waals surface area contributed by atoms with Crippen molar-refractivity contribution < 1.29 is 19.1 Å². The molecule has 122 valence electrons. The highest BCUT2D eigenvalue weighted by Crippen LogP contribution is 2.30. The van der Waals surface area contributed by atoms with E-state index in [1.54, 1.807) is 17.8 Å². The molecule has 1 fully saturated rings. The minimum Gasteiger partial charge on any atom is -0.468 e. The molecule has 2 heterocycles. The van der Waals surface area contributed by atoms with Gasteiger partial charge in [-0.3, -0.25) is 24.2 Å². The number of ketones is 1. The number of methoxy groups -OCH3 is 1. The van der Waals surface area contributed by atoms with Crippen LogP contribution < -0.4 is 4.90 Å². The van der Waals surface area contributed by atoms with Crippen molar-refractivity contribution in [2.75, 3.05) is 37.5 Å². The Balaban J connectivity index is 1.77. The van der Waals surface area contributed by atoms with E-state index in [4.69, 9.17) is 4.74 Å². The lowest BCUT2D eigenvalue weighted by molar-refractivity contribution is -0.140. The second-order valence-electron chi connectivity index (χ2n) is 5.68. The molecule has 1 amide bonds. The molecular formula is C16H18N2O4S. The number of fused-ring (bicyclic) bond motifs is 1. The molecule has 3 rings (SSSR count). The van der Waals surface area contributed by atoms with Gasteiger partial charge in [-0.25, -0.2) is 0 Å². The van der Waals surface area contributed by atoms with Crippen LogP contribution in [0.5, 0.6) is 0 Å². The van der Waals surface area contributed by atoms with Gasteiger partial charge in [0.15, 0.2) is 0 Å². The number of carbonyl (C=O) groups is 3. The Morgan fingerprint density at radius 3 is 2.91 bits per heavy atom. The number of anilines is 1. The number of benzene rings is 1. The average molecular weight is 334 g/mol. The molecule has 0 radical (unpaired) electrons. The van der Waals surface area contributed by atoms with Crippen LogP contribution in [0, 0.1) is 6.92 Å². The summed E-state index contributed by atoms with van der Waals surface area (Å²) in [6.45, 7) is 3.48. The van der Waals surface area contributed by atoms with E-state index in [0.29, 0.717) is 24.5 Å². The van der Waals surface area contributed by atoms with Gasteiger partial charge in [0.2, 0.25) is 0 Å². The molecular weight excluding hydrogens is 316 g/mol. The van der Waals surface area contributed by atoms with Gasteiger partial charge in [-0.15, -0.1) is 11.8 Å². The summed E-state index contributed by atoms with van der Waals surface area (Å²) in [6.07, 6.45) is 0. The Morgan fingerprint density at radius 2 is 2.17 bits per heavy atom. The minimum absolute atomic E-state index is 0.250. The van der Waals surface area contributed by atoms with Crippen LogP contribution in [-0.4, -0.2) is 60.4 Å². The van der Waals surface area contributed by atoms with Crippen molar-refractivity contribution in [3.8, 4) is 0 Å². The van der Waals surface area contributed by atoms with Gasteiger partial charge in [-0.1, -0.05) is 11.6 Å². The first-order valence-electron chi connectivity index (χ1n) is 7.40. The van der Waals surface area contributed by atoms with E-state index in [1.165, 1.54) is 12.0 Å². The summed E-state index contributed by atoms with van der Waals surface area (Å²) in [5, 5.41) is -0.250. The number of rotatable bonds is 3. The summed E-state index contributed by atoms with van der Waals surface area (Å²) in [7, 11) is 1.38. The van der Waals surface area contributed by atoms with E-state index >= 15 is 0 Å². The Hall–Kier alpha value is -1.86. The second kappa shape index (κ2) is 6.33. The SMILES string of the molecule is COC(=O)[C@H]1CN(CN2C(=O)C(=O)c3cc(C)ccc32)CCS1. The molecule has 1 aromatic rings. The predicted octanol–water partition coefficient (Wildman–Crippen LogP) is 1.07. The zero-order chi connectivity index (χ0) is 16.6. The number of hydrogen-bond acceptors (Lipinski definition) is 6. The molecule has 0 aromatic heterocycles. The van der Waals surface area contributed by atoms with E-state index in [0.717, 1.165) is 17.9 Å². The number of carbonyl (C=O) groups excluding carboxylic acids is 3. The molecule has 1 aromatic carbocycles. The van der Waals surface area contributed by atoms with E-state index in [2.05, 4.69) is 0 Å². The molecule has 1 atom stereocenters. The number of thioether (sulfide) groups is 1. The van der Waals surface area contributed by atoms with Crippen LogP contribution in [0.3, 0.4) is 0 Å². The molecule has 2 aliphatic rings. The molecule has 0 unspecified atom stereocenters. The maximum absolute atomic E-state index is 12.3. The fourth-order valence-electron chi connectivity index (χ4n) is 2.86. The van der Waals surface area contributed by atoms with E-state index in [1.807, 2.05) is 24.0 Å². The molecule has 0 saturated carbocycles. The summed E-state index contributed by atoms with van der Waals surface area (Å²) in [6, 6.07) is 5.45. The zero-order valence-electron chi connectivity index (χ0n) is 13.1. The van der Waals surface area contributed by atoms with Crippen LogP contribution in [0.2, 0.25) is 0 Å². The third-order valence-electron chi connectivity index (χ3n) is 4.08. The number of esters is 1. The van der Waals surface area contributed by atoms with E-state index < -0.39 is 11.7 Å². The van der Waals surface area contributed by atoms with Crippen molar-refractivity contribution >= 4 is 35.1 Å². The second-order valence-corrected chi connectivity index (χ2v) is 6.99. The Kier molecular flexibility index (Phi) is 4.41. The van der Waals surface area contributed by atoms with Gasteiger partial charge in [0.1, 0.15) is 5.25 Å². The fourth-order valence-corrected chi connectivity index (χ4v) is 4.06. The van der Waals surface area contributed by atoms with Crippen molar-refractivity contribution in [1.82, 2.24) is 4.90 Å². The molecule has 6 nitrogen and oxygen atoms in total. The summed E-state index contributed by atoms with van der Waals surface area (Å²) in [4.78, 5) is 39.6. The van der Waals surface area contributed by atoms with Crippen LogP contribution in [-0.2, 0) is 14.3 Å². The van der Waals surface area contributed by atoms with Gasteiger partial charge in [-0.05, 0) is 19.1 Å². The number of amides is 1. The average Bonchev–Trinajstić information content (AvgIpc) is 2.79. The fraction of sp³-hybridized carbons (Fsp3) is 0.438. The number of hydrogen-bond donors (Lipinski definition) is 0. The van der Waals surface area contributed by atoms with Crippen LogP contribution >= 0.6 is 11.8 Å². The predicted molar refractivity (Wildman–Crippen MR) is 87.7 cm³/mol. The molecule has 2 aliphatic heterocycles. The normalized spacial score (nSPS) is 21.5. The molecule has 23 heavy (non-hydrogen) atoms. The molecule has 0 aliphatic carbocycles. The van der Waals surface area contributed by atoms with Gasteiger partial charge in [0.25, 0.3) is 5.78 Å². The molecule has 1 saturated heterocycles. The lowest BCUT2D eigenvalue weighted by Gasteiger charge is -2.33. The van der Waals surface area contributed by atoms with Crippen LogP contribution in [0.15, 0.2) is 18.2 Å². The molecule has 0 N–H and O–H groups in total. The van der Waals surface area contributed by atoms with Crippen molar-refractivity contribution in [3.63, 3.8) is 0 Å². The Labute approximate surface area is 138 Å². The third-order valence-corrected chi connectivity index (χ3v) is 5.25. The van der Waals surface area contributed by atoms with Gasteiger partial charge < -0.3 is 4.74 Å². The van der Waals surface area contributed by atoms with Gasteiger partial charge in [0.05, 0.1) is 25.0 Å². The lowest BCUT2D eigenvalue weighted by atomic mass is 10.1. The van der Waals surface area contributed by atoms with Crippen molar-refractivity contribution in [3.05, 3.63) is 29.3 Å². The maximum atomic E-state index is 12.3. The van der Waals surface area contributed by atoms with E-state index in [-0.39, 0.29) is 11.2 Å². The van der Waals surface area contributed by atoms with Crippen LogP contribution in [0.1, 0.15) is 15.9 Å². The van der Waals surface area contributed by atoms with Gasteiger partial charge in [0, 0.05) is 18.8 Å². The highest BCUT2D eigenvalue weighted by atomic mass is 32.2. The highest BCUT2D eigenvalue weighted by molar-refractivity contribution is 8.00. The lowest BCUT2D eigenvalue weighted by Crippen LogP contribution is -2.48. The topological polar surface area (TPSA) is 66.9 Å². The molecule has 0 bridgehead atoms. The minimum atomic E-state index is -0.501. The molecule has 0 spiro atoms. The summed E-state index contributed by atoms with van der Waals surface area (Å²) >= 11 is 1.56. The van der Waals surface area contributed by atoms with Crippen molar-refractivity contribution in [2.45, 2.75) is 12.2 Å². The smallest absolute Gasteiger partial charge is 0.320 e. The summed E-state index contributed by atoms with van der Waals surface area (Å²) < 4.78 is 4.79. The summed E-state index contributed by atoms with van der Waals surface area (Å²) in [5.41, 5.74) is 2.07. The highest BCUT2D eigenvalue weighted by Gasteiger charge is 2.37. The van der Waals surface area contributed by atoms with Crippen LogP contribution in [0.4, 0.5) is 5.69 Å². The Bertz CT molecular complexity index is 676. The standard InChI is InChI=1S/C16H18N2O4S/c1-10-3-4-12-11(7-10)14(19)15(20)18(12)9-17-5-6-23-13(8-17)16(21)22-2/h3-4,7,13H,5-6,8-9H2,1-2H3/t13-/m1/s1. The largest absolute Gasteiger partial charge is 0.468 e. The quantitative estimate of drug-likeness (QED) is 0.608. The van der Waals surface area contributed by atoms with Gasteiger partial charge in [-0.2, -0.15) is 0 Å². The first-order chi connectivity index (χ1) is 11.0. The van der Waals surface area contributed by atoms with Crippen LogP contribution in [0.25, 0.3) is 0 Å². The molecule has 7 heteroatoms. The number of aryl methyl sites for hydroxylation is 1. The number of ether oxygens (including phenoxy) is 1.